The van der Waals surface area contributed by atoms with Crippen molar-refractivity contribution in [3.05, 3.63) is 44.4 Å². The van der Waals surface area contributed by atoms with Gasteiger partial charge in [0.05, 0.1) is 11.3 Å². The number of aromatic amines is 2. The zero-order chi connectivity index (χ0) is 15.4. The van der Waals surface area contributed by atoms with E-state index in [-0.39, 0.29) is 0 Å². The van der Waals surface area contributed by atoms with Crippen LogP contribution in [-0.4, -0.2) is 20.2 Å². The summed E-state index contributed by atoms with van der Waals surface area (Å²) in [4.78, 5) is 27.3. The third kappa shape index (κ3) is 3.65. The first-order chi connectivity index (χ1) is 10.1. The number of nitrogens with one attached hydrogen (secondary N) is 2. The standard InChI is InChI=1S/C12H12N4O2.C3H8/c1-6-8(7-2-3-7)4-10(16-15-6)9-5-13-12(18)14-11(9)17;1-3-2/h4-5,7H,2-3H2,1H3,(H2,13,14,17,18);3H2,1-2H3. The molecule has 1 saturated carbocycles. The van der Waals surface area contributed by atoms with E-state index in [1.807, 2.05) is 13.0 Å². The summed E-state index contributed by atoms with van der Waals surface area (Å²) in [6, 6.07) is 1.89. The number of rotatable bonds is 2. The van der Waals surface area contributed by atoms with Crippen LogP contribution in [0.25, 0.3) is 11.3 Å². The normalized spacial score (nSPS) is 13.5. The first-order valence-corrected chi connectivity index (χ1v) is 7.23. The van der Waals surface area contributed by atoms with E-state index in [9.17, 15) is 9.59 Å². The van der Waals surface area contributed by atoms with Gasteiger partial charge in [-0.15, -0.1) is 5.10 Å². The lowest BCUT2D eigenvalue weighted by atomic mass is 10.1. The minimum absolute atomic E-state index is 0.337. The molecule has 0 unspecified atom stereocenters. The molecule has 21 heavy (non-hydrogen) atoms. The molecule has 0 aromatic carbocycles. The van der Waals surface area contributed by atoms with Crippen molar-refractivity contribution in [1.29, 1.82) is 0 Å². The summed E-state index contributed by atoms with van der Waals surface area (Å²) in [5.41, 5.74) is 1.92. The summed E-state index contributed by atoms with van der Waals surface area (Å²) in [6.45, 7) is 6.17. The third-order valence-corrected chi connectivity index (χ3v) is 3.13. The molecule has 1 aliphatic rings. The van der Waals surface area contributed by atoms with Crippen molar-refractivity contribution < 1.29 is 0 Å². The molecule has 2 N–H and O–H groups in total. The smallest absolute Gasteiger partial charge is 0.313 e. The highest BCUT2D eigenvalue weighted by molar-refractivity contribution is 5.57. The quantitative estimate of drug-likeness (QED) is 0.885. The maximum atomic E-state index is 11.7. The highest BCUT2D eigenvalue weighted by Crippen LogP contribution is 2.41. The lowest BCUT2D eigenvalue weighted by Crippen LogP contribution is -2.23. The summed E-state index contributed by atoms with van der Waals surface area (Å²) in [6.07, 6.45) is 4.94. The first-order valence-electron chi connectivity index (χ1n) is 7.23. The SMILES string of the molecule is CCC.Cc1nnc(-c2c[nH]c(=O)[nH]c2=O)cc1C1CC1. The van der Waals surface area contributed by atoms with Crippen molar-refractivity contribution in [2.75, 3.05) is 0 Å². The average molecular weight is 288 g/mol. The van der Waals surface area contributed by atoms with Crippen molar-refractivity contribution in [3.8, 4) is 11.3 Å². The molecule has 1 fully saturated rings. The molecule has 0 spiro atoms. The monoisotopic (exact) mass is 288 g/mol. The fourth-order valence-electron chi connectivity index (χ4n) is 2.01. The molecule has 2 aromatic heterocycles. The van der Waals surface area contributed by atoms with Crippen molar-refractivity contribution in [1.82, 2.24) is 20.2 Å². The van der Waals surface area contributed by atoms with Crippen LogP contribution in [-0.2, 0) is 0 Å². The van der Waals surface area contributed by atoms with Crippen LogP contribution in [0.5, 0.6) is 0 Å². The van der Waals surface area contributed by atoms with Gasteiger partial charge in [-0.3, -0.25) is 9.78 Å². The predicted molar refractivity (Wildman–Crippen MR) is 81.4 cm³/mol. The summed E-state index contributed by atoms with van der Waals surface area (Å²) in [7, 11) is 0. The van der Waals surface area contributed by atoms with E-state index < -0.39 is 11.2 Å². The molecule has 1 aliphatic carbocycles. The van der Waals surface area contributed by atoms with E-state index in [0.29, 0.717) is 17.2 Å². The highest BCUT2D eigenvalue weighted by atomic mass is 16.2. The molecule has 6 nitrogen and oxygen atoms in total. The maximum absolute atomic E-state index is 11.7. The summed E-state index contributed by atoms with van der Waals surface area (Å²) >= 11 is 0. The Balaban J connectivity index is 0.000000497. The molecule has 0 bridgehead atoms. The molecule has 2 aromatic rings. The Morgan fingerprint density at radius 1 is 1.24 bits per heavy atom. The van der Waals surface area contributed by atoms with Gasteiger partial charge >= 0.3 is 5.69 Å². The molecule has 0 radical (unpaired) electrons. The average Bonchev–Trinajstić information content (AvgIpc) is 3.25. The van der Waals surface area contributed by atoms with Crippen LogP contribution >= 0.6 is 0 Å². The van der Waals surface area contributed by atoms with E-state index in [1.54, 1.807) is 0 Å². The van der Waals surface area contributed by atoms with Crippen LogP contribution in [0, 0.1) is 6.92 Å². The van der Waals surface area contributed by atoms with Crippen molar-refractivity contribution in [2.45, 2.75) is 46.0 Å². The van der Waals surface area contributed by atoms with Crippen LogP contribution in [0.4, 0.5) is 0 Å². The molecule has 0 atom stereocenters. The second-order valence-corrected chi connectivity index (χ2v) is 5.24. The van der Waals surface area contributed by atoms with Crippen LogP contribution in [0.3, 0.4) is 0 Å². The van der Waals surface area contributed by atoms with Crippen LogP contribution < -0.4 is 11.2 Å². The maximum Gasteiger partial charge on any atom is 0.325 e. The highest BCUT2D eigenvalue weighted by Gasteiger charge is 2.26. The minimum Gasteiger partial charge on any atom is -0.313 e. The number of H-pyrrole nitrogens is 2. The molecule has 0 aliphatic heterocycles. The van der Waals surface area contributed by atoms with Crippen molar-refractivity contribution in [2.24, 2.45) is 0 Å². The van der Waals surface area contributed by atoms with Gasteiger partial charge < -0.3 is 4.98 Å². The van der Waals surface area contributed by atoms with Gasteiger partial charge in [-0.25, -0.2) is 4.79 Å². The lowest BCUT2D eigenvalue weighted by Gasteiger charge is -2.04. The molecule has 0 saturated heterocycles. The molecule has 3 rings (SSSR count). The van der Waals surface area contributed by atoms with E-state index in [1.165, 1.54) is 12.6 Å². The van der Waals surface area contributed by atoms with Crippen LogP contribution in [0.2, 0.25) is 0 Å². The molecule has 6 heteroatoms. The van der Waals surface area contributed by atoms with Gasteiger partial charge in [-0.05, 0) is 37.3 Å². The first kappa shape index (κ1) is 15.2. The van der Waals surface area contributed by atoms with Crippen LogP contribution in [0.1, 0.15) is 50.3 Å². The Morgan fingerprint density at radius 3 is 2.48 bits per heavy atom. The summed E-state index contributed by atoms with van der Waals surface area (Å²) < 4.78 is 0. The zero-order valence-corrected chi connectivity index (χ0v) is 12.6. The van der Waals surface area contributed by atoms with E-state index in [0.717, 1.165) is 24.1 Å². The van der Waals surface area contributed by atoms with Gasteiger partial charge in [0.1, 0.15) is 5.69 Å². The second-order valence-electron chi connectivity index (χ2n) is 5.24. The van der Waals surface area contributed by atoms with Crippen molar-refractivity contribution in [3.63, 3.8) is 0 Å². The van der Waals surface area contributed by atoms with Crippen molar-refractivity contribution >= 4 is 0 Å². The van der Waals surface area contributed by atoms with Gasteiger partial charge in [0, 0.05) is 6.20 Å². The number of aryl methyl sites for hydroxylation is 1. The molecular weight excluding hydrogens is 268 g/mol. The Labute approximate surface area is 122 Å². The van der Waals surface area contributed by atoms with Gasteiger partial charge in [0.2, 0.25) is 0 Å². The number of hydrogen-bond donors (Lipinski definition) is 2. The summed E-state index contributed by atoms with van der Waals surface area (Å²) in [5.74, 6) is 0.543. The van der Waals surface area contributed by atoms with E-state index in [4.69, 9.17) is 0 Å². The number of aromatic nitrogens is 4. The third-order valence-electron chi connectivity index (χ3n) is 3.13. The summed E-state index contributed by atoms with van der Waals surface area (Å²) in [5, 5.41) is 8.10. The molecule has 112 valence electrons. The Hall–Kier alpha value is -2.24. The Bertz CT molecular complexity index is 729. The fourth-order valence-corrected chi connectivity index (χ4v) is 2.01. The number of nitrogens with zero attached hydrogens (tertiary/aromatic N) is 2. The Kier molecular flexibility index (Phi) is 4.67. The van der Waals surface area contributed by atoms with E-state index >= 15 is 0 Å². The van der Waals surface area contributed by atoms with E-state index in [2.05, 4.69) is 34.0 Å². The predicted octanol–water partition coefficient (Wildman–Crippen LogP) is 2.12. The van der Waals surface area contributed by atoms with Gasteiger partial charge in [0.15, 0.2) is 0 Å². The second kappa shape index (κ2) is 6.47. The Morgan fingerprint density at radius 2 is 1.90 bits per heavy atom. The van der Waals surface area contributed by atoms with Gasteiger partial charge in [-0.2, -0.15) is 5.10 Å². The largest absolute Gasteiger partial charge is 0.325 e. The van der Waals surface area contributed by atoms with Crippen LogP contribution in [0.15, 0.2) is 21.9 Å². The lowest BCUT2D eigenvalue weighted by molar-refractivity contribution is 0.926. The topological polar surface area (TPSA) is 91.5 Å². The minimum atomic E-state index is -0.522. The molecule has 0 amide bonds. The zero-order valence-electron chi connectivity index (χ0n) is 12.6. The fraction of sp³-hybridized carbons (Fsp3) is 0.467. The number of hydrogen-bond acceptors (Lipinski definition) is 4. The molecule has 2 heterocycles. The van der Waals surface area contributed by atoms with Gasteiger partial charge in [-0.1, -0.05) is 20.3 Å². The van der Waals surface area contributed by atoms with Gasteiger partial charge in [0.25, 0.3) is 5.56 Å². The molecular formula is C15H20N4O2.